The van der Waals surface area contributed by atoms with Gasteiger partial charge in [-0.2, -0.15) is 0 Å². The zero-order valence-corrected chi connectivity index (χ0v) is 26.5. The van der Waals surface area contributed by atoms with E-state index in [0.29, 0.717) is 5.75 Å². The van der Waals surface area contributed by atoms with E-state index in [4.69, 9.17) is 21.1 Å². The summed E-state index contributed by atoms with van der Waals surface area (Å²) in [6.07, 6.45) is 10.0. The minimum Gasteiger partial charge on any atom is -0.383 e. The van der Waals surface area contributed by atoms with Crippen LogP contribution in [0.4, 0.5) is 0 Å². The first kappa shape index (κ1) is 29.2. The second kappa shape index (κ2) is 12.9. The second-order valence-corrected chi connectivity index (χ2v) is 11.6. The molecular weight excluding hydrogens is 610 g/mol. The molecule has 2 aromatic heterocycles. The molecule has 9 rings (SSSR count). The number of rotatable bonds is 4. The fourth-order valence-electron chi connectivity index (χ4n) is 6.27. The summed E-state index contributed by atoms with van der Waals surface area (Å²) in [5.41, 5.74) is 11.5. The SMILES string of the molecule is ClOc1ccc(-c2c3ccccc3cc3cc(C4=CC=C=C(c5nc6ccccc6[nH]5)C=C4)ccc23)c2cccnc12.c1ccccc1. The van der Waals surface area contributed by atoms with Crippen molar-refractivity contribution in [3.63, 3.8) is 0 Å². The van der Waals surface area contributed by atoms with Gasteiger partial charge < -0.3 is 9.27 Å². The molecule has 0 amide bonds. The summed E-state index contributed by atoms with van der Waals surface area (Å²) < 4.78 is 5.12. The van der Waals surface area contributed by atoms with Crippen LogP contribution in [-0.2, 0) is 0 Å². The van der Waals surface area contributed by atoms with Gasteiger partial charge in [-0.25, -0.2) is 4.98 Å². The van der Waals surface area contributed by atoms with E-state index in [-0.39, 0.29) is 0 Å². The Morgan fingerprint density at radius 2 is 1.44 bits per heavy atom. The van der Waals surface area contributed by atoms with Gasteiger partial charge in [0.25, 0.3) is 0 Å². The van der Waals surface area contributed by atoms with E-state index in [9.17, 15) is 0 Å². The highest BCUT2D eigenvalue weighted by Crippen LogP contribution is 2.42. The molecule has 1 N–H and O–H groups in total. The quantitative estimate of drug-likeness (QED) is 0.154. The van der Waals surface area contributed by atoms with Gasteiger partial charge in [0.2, 0.25) is 0 Å². The Hall–Kier alpha value is -6.19. The zero-order chi connectivity index (χ0) is 32.3. The van der Waals surface area contributed by atoms with Crippen molar-refractivity contribution in [2.45, 2.75) is 0 Å². The van der Waals surface area contributed by atoms with Crippen LogP contribution in [0.1, 0.15) is 11.4 Å². The Balaban J connectivity index is 0.000000508. The lowest BCUT2D eigenvalue weighted by Gasteiger charge is -2.16. The largest absolute Gasteiger partial charge is 0.383 e. The first-order valence-corrected chi connectivity index (χ1v) is 16.0. The lowest BCUT2D eigenvalue weighted by atomic mass is 9.88. The van der Waals surface area contributed by atoms with E-state index < -0.39 is 0 Å². The number of nitrogens with zero attached hydrogens (tertiary/aromatic N) is 2. The Bertz CT molecular complexity index is 2530. The number of pyridine rings is 1. The molecule has 0 fully saturated rings. The van der Waals surface area contributed by atoms with E-state index in [2.05, 4.69) is 94.6 Å². The lowest BCUT2D eigenvalue weighted by Crippen LogP contribution is -1.91. The van der Waals surface area contributed by atoms with E-state index in [1.165, 1.54) is 10.8 Å². The molecule has 0 unspecified atom stereocenters. The maximum Gasteiger partial charge on any atom is 0.172 e. The monoisotopic (exact) mass is 637 g/mol. The first-order valence-electron chi connectivity index (χ1n) is 15.7. The molecule has 48 heavy (non-hydrogen) atoms. The molecule has 8 aromatic rings. The Labute approximate surface area is 282 Å². The summed E-state index contributed by atoms with van der Waals surface area (Å²) in [7, 11) is 0. The van der Waals surface area contributed by atoms with Crippen molar-refractivity contribution in [1.29, 1.82) is 0 Å². The number of nitrogens with one attached hydrogen (secondary N) is 1. The molecule has 1 aliphatic rings. The number of benzene rings is 6. The molecule has 1 aliphatic carbocycles. The van der Waals surface area contributed by atoms with Gasteiger partial charge in [0.05, 0.1) is 16.6 Å². The molecule has 0 saturated carbocycles. The highest BCUT2D eigenvalue weighted by atomic mass is 35.5. The van der Waals surface area contributed by atoms with E-state index >= 15 is 0 Å². The Morgan fingerprint density at radius 3 is 2.27 bits per heavy atom. The summed E-state index contributed by atoms with van der Waals surface area (Å²) in [4.78, 5) is 12.7. The van der Waals surface area contributed by atoms with Crippen LogP contribution in [-0.4, -0.2) is 15.0 Å². The number of aromatic nitrogens is 3. The maximum atomic E-state index is 5.79. The fourth-order valence-corrected chi connectivity index (χ4v) is 6.40. The van der Waals surface area contributed by atoms with Gasteiger partial charge in [0.15, 0.2) is 5.75 Å². The number of allylic oxidation sites excluding steroid dienone is 5. The van der Waals surface area contributed by atoms with Gasteiger partial charge in [-0.3, -0.25) is 4.98 Å². The number of hydrogen-bond acceptors (Lipinski definition) is 3. The van der Waals surface area contributed by atoms with Crippen molar-refractivity contribution in [1.82, 2.24) is 15.0 Å². The summed E-state index contributed by atoms with van der Waals surface area (Å²) in [5, 5.41) is 5.66. The predicted molar refractivity (Wildman–Crippen MR) is 200 cm³/mol. The Morgan fingerprint density at radius 1 is 0.667 bits per heavy atom. The van der Waals surface area contributed by atoms with Crippen LogP contribution >= 0.6 is 11.9 Å². The first-order chi connectivity index (χ1) is 23.8. The van der Waals surface area contributed by atoms with Crippen molar-refractivity contribution in [2.75, 3.05) is 0 Å². The summed E-state index contributed by atoms with van der Waals surface area (Å²) in [5.74, 6) is 1.35. The summed E-state index contributed by atoms with van der Waals surface area (Å²) >= 11 is 5.79. The van der Waals surface area contributed by atoms with Gasteiger partial charge >= 0.3 is 0 Å². The van der Waals surface area contributed by atoms with Gasteiger partial charge in [0, 0.05) is 11.6 Å². The van der Waals surface area contributed by atoms with Crippen molar-refractivity contribution >= 4 is 66.5 Å². The molecule has 228 valence electrons. The summed E-state index contributed by atoms with van der Waals surface area (Å²) in [6, 6.07) is 45.5. The van der Waals surface area contributed by atoms with Crippen LogP contribution in [0.3, 0.4) is 0 Å². The normalized spacial score (nSPS) is 12.4. The minimum atomic E-state index is 0.540. The number of halogens is 1. The van der Waals surface area contributed by atoms with Crippen LogP contribution in [0.2, 0.25) is 0 Å². The predicted octanol–water partition coefficient (Wildman–Crippen LogP) is 11.5. The van der Waals surface area contributed by atoms with Crippen molar-refractivity contribution in [2.24, 2.45) is 0 Å². The molecule has 0 saturated heterocycles. The second-order valence-electron chi connectivity index (χ2n) is 11.4. The minimum absolute atomic E-state index is 0.540. The van der Waals surface area contributed by atoms with Gasteiger partial charge in [-0.15, -0.1) is 5.73 Å². The van der Waals surface area contributed by atoms with Crippen LogP contribution in [0, 0.1) is 0 Å². The molecule has 0 atom stereocenters. The third-order valence-electron chi connectivity index (χ3n) is 8.52. The maximum absolute atomic E-state index is 5.79. The summed E-state index contributed by atoms with van der Waals surface area (Å²) in [6.45, 7) is 0. The van der Waals surface area contributed by atoms with Crippen LogP contribution in [0.5, 0.6) is 5.75 Å². The zero-order valence-electron chi connectivity index (χ0n) is 25.8. The number of imidazole rings is 1. The number of aromatic amines is 1. The van der Waals surface area contributed by atoms with E-state index in [1.54, 1.807) is 6.20 Å². The lowest BCUT2D eigenvalue weighted by molar-refractivity contribution is 0.625. The molecule has 0 aliphatic heterocycles. The van der Waals surface area contributed by atoms with Crippen molar-refractivity contribution in [3.05, 3.63) is 181 Å². The molecular formula is C43H28ClN3O. The molecule has 0 spiro atoms. The number of hydrogen-bond donors (Lipinski definition) is 1. The van der Waals surface area contributed by atoms with Gasteiger partial charge in [-0.05, 0) is 105 Å². The number of fused-ring (bicyclic) bond motifs is 4. The average molecular weight is 638 g/mol. The fraction of sp³-hybridized carbons (Fsp3) is 0. The number of para-hydroxylation sites is 2. The van der Waals surface area contributed by atoms with E-state index in [1.807, 2.05) is 78.9 Å². The van der Waals surface area contributed by atoms with Gasteiger partial charge in [-0.1, -0.05) is 97.1 Å². The third-order valence-corrected chi connectivity index (χ3v) is 8.69. The average Bonchev–Trinajstić information content (AvgIpc) is 3.43. The molecule has 4 nitrogen and oxygen atoms in total. The van der Waals surface area contributed by atoms with Crippen LogP contribution < -0.4 is 4.29 Å². The molecule has 5 heteroatoms. The topological polar surface area (TPSA) is 50.8 Å². The molecule has 2 heterocycles. The van der Waals surface area contributed by atoms with Gasteiger partial charge in [0.1, 0.15) is 23.2 Å². The van der Waals surface area contributed by atoms with E-state index in [0.717, 1.165) is 66.4 Å². The molecule has 0 bridgehead atoms. The van der Waals surface area contributed by atoms with Crippen LogP contribution in [0.15, 0.2) is 170 Å². The highest BCUT2D eigenvalue weighted by Gasteiger charge is 2.16. The smallest absolute Gasteiger partial charge is 0.172 e. The van der Waals surface area contributed by atoms with Crippen molar-refractivity contribution in [3.8, 4) is 16.9 Å². The van der Waals surface area contributed by atoms with Crippen LogP contribution in [0.25, 0.3) is 65.8 Å². The molecule has 6 aromatic carbocycles. The Kier molecular flexibility index (Phi) is 7.85. The molecule has 0 radical (unpaired) electrons. The highest BCUT2D eigenvalue weighted by molar-refractivity contribution is 6.18. The van der Waals surface area contributed by atoms with Crippen molar-refractivity contribution < 1.29 is 4.29 Å². The standard InChI is InChI=1S/C37H22ClN3O.C6H6/c38-42-34-19-18-30(31-11-6-20-39-36(31)34)35-28-10-2-1-7-26(28)22-27-21-25(16-17-29(27)35)23-8-5-9-24(15-14-23)37-40-32-12-3-4-13-33(32)41-37;1-2-4-6-5-3-1/h1-8,10-22H,(H,40,41);1-6H. The number of H-pyrrole nitrogens is 1. The third kappa shape index (κ3) is 5.56.